The molecule has 1 aliphatic heterocycles. The Hall–Kier alpha value is 0.655. The first-order valence-corrected chi connectivity index (χ1v) is 13.6. The second kappa shape index (κ2) is 12.8. The zero-order chi connectivity index (χ0) is 29.5. The third kappa shape index (κ3) is 5.55. The molecule has 226 valence electrons. The maximum Gasteiger partial charge on any atom is 0.337 e. The van der Waals surface area contributed by atoms with E-state index in [4.69, 9.17) is 14.2 Å². The standard InChI is InChI=1S/C28H43NO10.Ac.Y/c1-12-16(39-24(34)20(32)14(3)29-8)10-28(36)13(2)22-26(7,17(31)9-18-27(22,35)11-37-18)23(33)21(38-15(4)30)19(12)25(28,5)6;;/h13-14,16-18,20-22,29,31-32,35-36H,9-11H2,1-8H3;;/t13-,14?,16?,17?,18?,20?,21?,22?,26+,27?,28?;;/m0../s1. The normalized spacial score (nSPS) is 42.4. The van der Waals surface area contributed by atoms with Crippen LogP contribution < -0.4 is 5.32 Å². The summed E-state index contributed by atoms with van der Waals surface area (Å²) in [4.78, 5) is 39.8. The van der Waals surface area contributed by atoms with Crippen molar-refractivity contribution in [3.8, 4) is 0 Å². The maximum atomic E-state index is 14.5. The molecule has 4 rings (SSSR count). The molecule has 0 aromatic carbocycles. The number of Topliss-reactive ketones (excluding diaryl/α,β-unsaturated/α-hetero) is 1. The zero-order valence-corrected chi connectivity index (χ0v) is 32.7. The summed E-state index contributed by atoms with van der Waals surface area (Å²) in [7, 11) is 1.59. The number of carbonyl (C=O) groups is 3. The van der Waals surface area contributed by atoms with E-state index in [0.29, 0.717) is 5.57 Å². The number of aliphatic hydroxyl groups is 4. The van der Waals surface area contributed by atoms with Gasteiger partial charge >= 0.3 is 11.9 Å². The van der Waals surface area contributed by atoms with E-state index in [9.17, 15) is 34.8 Å². The molecule has 0 aromatic heterocycles. The fourth-order valence-electron chi connectivity index (χ4n) is 7.93. The van der Waals surface area contributed by atoms with E-state index in [-0.39, 0.29) is 102 Å². The third-order valence-electron chi connectivity index (χ3n) is 10.5. The van der Waals surface area contributed by atoms with Crippen molar-refractivity contribution in [2.75, 3.05) is 13.7 Å². The summed E-state index contributed by atoms with van der Waals surface area (Å²) in [6, 6.07) is -0.609. The molecule has 2 bridgehead atoms. The summed E-state index contributed by atoms with van der Waals surface area (Å²) in [5.74, 6) is -4.04. The Morgan fingerprint density at radius 3 is 2.24 bits per heavy atom. The van der Waals surface area contributed by atoms with Gasteiger partial charge in [0.25, 0.3) is 0 Å². The monoisotopic (exact) mass is 869 g/mol. The van der Waals surface area contributed by atoms with E-state index in [1.807, 2.05) is 0 Å². The van der Waals surface area contributed by atoms with Crippen molar-refractivity contribution >= 4 is 17.7 Å². The van der Waals surface area contributed by atoms with E-state index in [1.165, 1.54) is 6.92 Å². The van der Waals surface area contributed by atoms with Crippen molar-refractivity contribution in [2.24, 2.45) is 22.7 Å². The van der Waals surface area contributed by atoms with Gasteiger partial charge in [0.1, 0.15) is 11.7 Å². The van der Waals surface area contributed by atoms with Crippen LogP contribution in [0.2, 0.25) is 0 Å². The molecule has 0 amide bonds. The number of ether oxygens (including phenoxy) is 3. The predicted molar refractivity (Wildman–Crippen MR) is 137 cm³/mol. The molecule has 2 radical (unpaired) electrons. The van der Waals surface area contributed by atoms with Gasteiger partial charge in [-0.2, -0.15) is 0 Å². The van der Waals surface area contributed by atoms with E-state index < -0.39 is 88.2 Å². The van der Waals surface area contributed by atoms with Crippen LogP contribution in [0.3, 0.4) is 0 Å². The van der Waals surface area contributed by atoms with Crippen molar-refractivity contribution < 1.29 is 126 Å². The van der Waals surface area contributed by atoms with E-state index in [1.54, 1.807) is 48.6 Å². The average molecular weight is 870 g/mol. The van der Waals surface area contributed by atoms with Gasteiger partial charge in [-0.25, -0.2) is 4.79 Å². The number of hydrogen-bond acceptors (Lipinski definition) is 11. The number of esters is 2. The molecule has 41 heavy (non-hydrogen) atoms. The molecule has 3 aliphatic carbocycles. The van der Waals surface area contributed by atoms with Crippen molar-refractivity contribution in [3.63, 3.8) is 0 Å². The van der Waals surface area contributed by atoms with E-state index in [2.05, 4.69) is 5.32 Å². The predicted octanol–water partition coefficient (Wildman–Crippen LogP) is 0.00950. The minimum Gasteiger partial charge on any atom is -0.456 e. The quantitative estimate of drug-likeness (QED) is 0.186. The van der Waals surface area contributed by atoms with Crippen LogP contribution >= 0.6 is 0 Å². The van der Waals surface area contributed by atoms with Gasteiger partial charge in [0.05, 0.1) is 29.8 Å². The maximum absolute atomic E-state index is 14.5. The Kier molecular flexibility index (Phi) is 11.8. The molecule has 11 nitrogen and oxygen atoms in total. The summed E-state index contributed by atoms with van der Waals surface area (Å²) >= 11 is 0. The van der Waals surface area contributed by atoms with Crippen LogP contribution in [0.4, 0.5) is 0 Å². The topological polar surface area (TPSA) is 172 Å². The van der Waals surface area contributed by atoms with Gasteiger partial charge in [0, 0.05) is 114 Å². The number of hydrogen-bond donors (Lipinski definition) is 5. The smallest absolute Gasteiger partial charge is 0.337 e. The first-order valence-electron chi connectivity index (χ1n) is 13.6. The first-order chi connectivity index (χ1) is 17.9. The molecule has 0 aromatic rings. The van der Waals surface area contributed by atoms with Crippen molar-refractivity contribution in [3.05, 3.63) is 11.1 Å². The van der Waals surface area contributed by atoms with E-state index >= 15 is 0 Å². The molecular weight excluding hydrogens is 826 g/mol. The van der Waals surface area contributed by atoms with Gasteiger partial charge in [-0.15, -0.1) is 0 Å². The second-order valence-electron chi connectivity index (χ2n) is 12.7. The number of ketones is 1. The fourth-order valence-corrected chi connectivity index (χ4v) is 7.93. The minimum atomic E-state index is -1.70. The molecule has 11 atom stereocenters. The Bertz CT molecular complexity index is 1100. The average Bonchev–Trinajstić information content (AvgIpc) is 2.85. The molecule has 1 heterocycles. The van der Waals surface area contributed by atoms with Crippen LogP contribution in [-0.4, -0.2) is 99.6 Å². The summed E-state index contributed by atoms with van der Waals surface area (Å²) < 4.78 is 17.0. The Balaban J connectivity index is 0.00000294. The number of rotatable bonds is 5. The largest absolute Gasteiger partial charge is 0.456 e. The summed E-state index contributed by atoms with van der Waals surface area (Å²) in [6.45, 7) is 11.1. The van der Waals surface area contributed by atoms with Crippen LogP contribution in [0.5, 0.6) is 0 Å². The number of carbonyl (C=O) groups excluding carboxylic acids is 3. The van der Waals surface area contributed by atoms with E-state index in [0.717, 1.165) is 0 Å². The fraction of sp³-hybridized carbons (Fsp3) is 0.821. The van der Waals surface area contributed by atoms with Crippen LogP contribution in [-0.2, 0) is 61.3 Å². The van der Waals surface area contributed by atoms with Crippen molar-refractivity contribution in [1.82, 2.24) is 5.32 Å². The molecule has 9 unspecified atom stereocenters. The van der Waals surface area contributed by atoms with Gasteiger partial charge in [-0.3, -0.25) is 9.59 Å². The van der Waals surface area contributed by atoms with Crippen LogP contribution in [0.15, 0.2) is 11.1 Å². The molecule has 2 saturated carbocycles. The molecule has 13 heteroatoms. The number of nitrogens with one attached hydrogen (secondary N) is 1. The first kappa shape index (κ1) is 37.8. The molecule has 3 fully saturated rings. The van der Waals surface area contributed by atoms with Crippen LogP contribution in [0.25, 0.3) is 0 Å². The SMILES string of the molecule is CNC(C)C(O)C(=O)OC1CC2(O)[C@@H](C)C3C4(O)COC4CC(O)[C@@]3(C)C(=O)C(OC(C)=O)C(=C1C)C2(C)C.[Ac].[Y]. The Morgan fingerprint density at radius 2 is 1.76 bits per heavy atom. The summed E-state index contributed by atoms with van der Waals surface area (Å²) in [6.07, 6.45) is -6.12. The summed E-state index contributed by atoms with van der Waals surface area (Å²) in [5, 5.41) is 49.1. The number of fused-ring (bicyclic) bond motifs is 5. The van der Waals surface area contributed by atoms with Crippen molar-refractivity contribution in [1.29, 1.82) is 0 Å². The number of likely N-dealkylation sites (N-methyl/N-ethyl adjacent to an activating group) is 1. The Morgan fingerprint density at radius 1 is 1.17 bits per heavy atom. The molecule has 1 saturated heterocycles. The van der Waals surface area contributed by atoms with Gasteiger partial charge < -0.3 is 40.0 Å². The van der Waals surface area contributed by atoms with Gasteiger partial charge in [-0.1, -0.05) is 20.8 Å². The zero-order valence-electron chi connectivity index (χ0n) is 25.1. The molecular formula is C28H43AcNO10Y. The number of aliphatic hydroxyl groups excluding tert-OH is 2. The molecule has 5 N–H and O–H groups in total. The third-order valence-corrected chi connectivity index (χ3v) is 10.5. The van der Waals surface area contributed by atoms with Gasteiger partial charge in [0.2, 0.25) is 0 Å². The molecule has 0 spiro atoms. The van der Waals surface area contributed by atoms with Gasteiger partial charge in [-0.05, 0) is 44.9 Å². The van der Waals surface area contributed by atoms with Crippen LogP contribution in [0, 0.1) is 66.7 Å². The van der Waals surface area contributed by atoms with Crippen LogP contribution in [0.1, 0.15) is 61.3 Å². The minimum absolute atomic E-state index is 0. The molecule has 4 aliphatic rings. The Labute approximate surface area is 302 Å². The second-order valence-corrected chi connectivity index (χ2v) is 12.7. The summed E-state index contributed by atoms with van der Waals surface area (Å²) in [5.41, 5.74) is -5.30. The van der Waals surface area contributed by atoms with Gasteiger partial charge in [0.15, 0.2) is 18.0 Å². The van der Waals surface area contributed by atoms with Crippen molar-refractivity contribution in [2.45, 2.75) is 109 Å².